The van der Waals surface area contributed by atoms with Crippen LogP contribution in [0.15, 0.2) is 60.7 Å². The number of amides is 1. The predicted molar refractivity (Wildman–Crippen MR) is 122 cm³/mol. The molecule has 5 heteroatoms. The molecule has 2 aromatic heterocycles. The average molecular weight is 396 g/mol. The van der Waals surface area contributed by atoms with Crippen molar-refractivity contribution in [3.63, 3.8) is 0 Å². The first-order valence-electron chi connectivity index (χ1n) is 9.90. The highest BCUT2D eigenvalue weighted by Gasteiger charge is 2.13. The maximum atomic E-state index is 12.5. The van der Waals surface area contributed by atoms with Crippen LogP contribution in [0.3, 0.4) is 0 Å². The van der Waals surface area contributed by atoms with Gasteiger partial charge in [-0.15, -0.1) is 0 Å². The lowest BCUT2D eigenvalue weighted by molar-refractivity contribution is -0.111. The van der Waals surface area contributed by atoms with Crippen LogP contribution in [0.1, 0.15) is 27.9 Å². The minimum absolute atomic E-state index is 0.217. The van der Waals surface area contributed by atoms with E-state index < -0.39 is 0 Å². The molecule has 0 atom stereocenters. The van der Waals surface area contributed by atoms with E-state index in [1.54, 1.807) is 10.8 Å². The Bertz CT molecular complexity index is 1270. The number of pyridine rings is 1. The number of nitrogens with one attached hydrogen (secondary N) is 1. The molecule has 1 amide bonds. The summed E-state index contributed by atoms with van der Waals surface area (Å²) in [6, 6.07) is 18.0. The van der Waals surface area contributed by atoms with E-state index in [1.807, 2.05) is 69.3 Å². The van der Waals surface area contributed by atoms with Crippen molar-refractivity contribution in [2.45, 2.75) is 27.7 Å². The third-order valence-corrected chi connectivity index (χ3v) is 5.04. The van der Waals surface area contributed by atoms with E-state index in [9.17, 15) is 4.79 Å². The molecular weight excluding hydrogens is 372 g/mol. The largest absolute Gasteiger partial charge is 0.307 e. The highest BCUT2D eigenvalue weighted by molar-refractivity contribution is 6.01. The molecule has 0 aliphatic rings. The maximum Gasteiger partial charge on any atom is 0.249 e. The molecule has 0 spiro atoms. The Kier molecular flexibility index (Phi) is 5.19. The summed E-state index contributed by atoms with van der Waals surface area (Å²) in [5.41, 5.74) is 6.12. The normalized spacial score (nSPS) is 11.3. The van der Waals surface area contributed by atoms with E-state index in [2.05, 4.69) is 23.4 Å². The molecular formula is C25H24N4O. The van der Waals surface area contributed by atoms with Gasteiger partial charge in [0.25, 0.3) is 0 Å². The summed E-state index contributed by atoms with van der Waals surface area (Å²) < 4.78 is 1.69. The van der Waals surface area contributed by atoms with Crippen molar-refractivity contribution < 1.29 is 4.79 Å². The Labute approximate surface area is 176 Å². The van der Waals surface area contributed by atoms with Crippen LogP contribution in [0.2, 0.25) is 0 Å². The van der Waals surface area contributed by atoms with E-state index >= 15 is 0 Å². The minimum atomic E-state index is -0.217. The molecule has 0 unspecified atom stereocenters. The summed E-state index contributed by atoms with van der Waals surface area (Å²) in [7, 11) is 0. The Morgan fingerprint density at radius 3 is 2.50 bits per heavy atom. The van der Waals surface area contributed by atoms with Gasteiger partial charge in [0.15, 0.2) is 5.82 Å². The molecule has 1 N–H and O–H groups in total. The molecule has 2 aromatic carbocycles. The smallest absolute Gasteiger partial charge is 0.249 e. The van der Waals surface area contributed by atoms with Crippen molar-refractivity contribution >= 4 is 28.7 Å². The highest BCUT2D eigenvalue weighted by Crippen LogP contribution is 2.24. The number of rotatable bonds is 4. The number of aromatic nitrogens is 3. The molecule has 0 fully saturated rings. The Morgan fingerprint density at radius 2 is 1.73 bits per heavy atom. The van der Waals surface area contributed by atoms with Crippen LogP contribution in [-0.2, 0) is 4.79 Å². The van der Waals surface area contributed by atoms with Gasteiger partial charge in [0.05, 0.1) is 11.2 Å². The van der Waals surface area contributed by atoms with Crippen LogP contribution in [-0.4, -0.2) is 20.7 Å². The number of carbonyl (C=O) groups excluding carboxylic acids is 1. The van der Waals surface area contributed by atoms with Crippen molar-refractivity contribution in [2.24, 2.45) is 0 Å². The molecule has 150 valence electrons. The standard InChI is InChI=1S/C25H24N4O/c1-16-8-10-20(11-9-16)12-13-24(30)26-23-15-19(4)28-29(23)22-14-18(3)21-7-5-6-17(2)25(21)27-22/h5-15H,1-4H3,(H,26,30)/b13-12+. The van der Waals surface area contributed by atoms with Crippen LogP contribution in [0.25, 0.3) is 22.8 Å². The van der Waals surface area contributed by atoms with Gasteiger partial charge in [-0.1, -0.05) is 48.0 Å². The lowest BCUT2D eigenvalue weighted by Crippen LogP contribution is -2.13. The quantitative estimate of drug-likeness (QED) is 0.476. The summed E-state index contributed by atoms with van der Waals surface area (Å²) in [6.07, 6.45) is 3.32. The lowest BCUT2D eigenvalue weighted by atomic mass is 10.1. The molecule has 0 aliphatic carbocycles. The lowest BCUT2D eigenvalue weighted by Gasteiger charge is -2.11. The van der Waals surface area contributed by atoms with E-state index in [4.69, 9.17) is 4.98 Å². The summed E-state index contributed by atoms with van der Waals surface area (Å²) in [5.74, 6) is 1.05. The zero-order chi connectivity index (χ0) is 21.3. The van der Waals surface area contributed by atoms with Crippen molar-refractivity contribution in [1.29, 1.82) is 0 Å². The average Bonchev–Trinajstić information content (AvgIpc) is 3.08. The van der Waals surface area contributed by atoms with E-state index in [1.165, 1.54) is 11.6 Å². The molecule has 0 bridgehead atoms. The summed E-state index contributed by atoms with van der Waals surface area (Å²) in [5, 5.41) is 8.60. The van der Waals surface area contributed by atoms with Crippen LogP contribution >= 0.6 is 0 Å². The molecule has 0 saturated heterocycles. The Hall–Kier alpha value is -3.73. The minimum Gasteiger partial charge on any atom is -0.307 e. The molecule has 0 saturated carbocycles. The number of benzene rings is 2. The van der Waals surface area contributed by atoms with Gasteiger partial charge in [-0.3, -0.25) is 4.79 Å². The van der Waals surface area contributed by atoms with Crippen LogP contribution < -0.4 is 5.32 Å². The van der Waals surface area contributed by atoms with Crippen molar-refractivity contribution in [3.05, 3.63) is 88.6 Å². The highest BCUT2D eigenvalue weighted by atomic mass is 16.1. The fourth-order valence-electron chi connectivity index (χ4n) is 3.43. The number of anilines is 1. The summed E-state index contributed by atoms with van der Waals surface area (Å²) >= 11 is 0. The zero-order valence-corrected chi connectivity index (χ0v) is 17.6. The fraction of sp³-hybridized carbons (Fsp3) is 0.160. The topological polar surface area (TPSA) is 59.8 Å². The van der Waals surface area contributed by atoms with Gasteiger partial charge < -0.3 is 5.32 Å². The maximum absolute atomic E-state index is 12.5. The van der Waals surface area contributed by atoms with Crippen LogP contribution in [0, 0.1) is 27.7 Å². The zero-order valence-electron chi connectivity index (χ0n) is 17.6. The van der Waals surface area contributed by atoms with E-state index in [0.717, 1.165) is 33.3 Å². The van der Waals surface area contributed by atoms with Gasteiger partial charge in [-0.2, -0.15) is 9.78 Å². The number of aryl methyl sites for hydroxylation is 4. The first kappa shape index (κ1) is 19.6. The van der Waals surface area contributed by atoms with Crippen molar-refractivity contribution in [1.82, 2.24) is 14.8 Å². The van der Waals surface area contributed by atoms with E-state index in [-0.39, 0.29) is 5.91 Å². The second-order valence-electron chi connectivity index (χ2n) is 7.58. The first-order chi connectivity index (χ1) is 14.4. The molecule has 4 aromatic rings. The number of fused-ring (bicyclic) bond motifs is 1. The summed E-state index contributed by atoms with van der Waals surface area (Å²) in [4.78, 5) is 17.3. The van der Waals surface area contributed by atoms with Gasteiger partial charge in [0, 0.05) is 17.5 Å². The Morgan fingerprint density at radius 1 is 0.967 bits per heavy atom. The summed E-state index contributed by atoms with van der Waals surface area (Å²) in [6.45, 7) is 8.04. The number of carbonyl (C=O) groups is 1. The molecule has 4 rings (SSSR count). The second kappa shape index (κ2) is 7.95. The van der Waals surface area contributed by atoms with Crippen LogP contribution in [0.4, 0.5) is 5.82 Å². The third-order valence-electron chi connectivity index (χ3n) is 5.04. The fourth-order valence-corrected chi connectivity index (χ4v) is 3.43. The monoisotopic (exact) mass is 396 g/mol. The van der Waals surface area contributed by atoms with Crippen LogP contribution in [0.5, 0.6) is 0 Å². The molecule has 0 radical (unpaired) electrons. The number of hydrogen-bond donors (Lipinski definition) is 1. The van der Waals surface area contributed by atoms with Gasteiger partial charge >= 0.3 is 0 Å². The Balaban J connectivity index is 1.64. The van der Waals surface area contributed by atoms with Crippen molar-refractivity contribution in [3.8, 4) is 5.82 Å². The second-order valence-corrected chi connectivity index (χ2v) is 7.58. The number of nitrogens with zero attached hydrogens (tertiary/aromatic N) is 3. The van der Waals surface area contributed by atoms with E-state index in [0.29, 0.717) is 11.6 Å². The molecule has 5 nitrogen and oxygen atoms in total. The first-order valence-corrected chi connectivity index (χ1v) is 9.90. The van der Waals surface area contributed by atoms with Crippen molar-refractivity contribution in [2.75, 3.05) is 5.32 Å². The number of hydrogen-bond acceptors (Lipinski definition) is 3. The van der Waals surface area contributed by atoms with Gasteiger partial charge in [0.1, 0.15) is 5.82 Å². The van der Waals surface area contributed by atoms with Gasteiger partial charge in [-0.05, 0) is 56.5 Å². The van der Waals surface area contributed by atoms with Gasteiger partial charge in [0.2, 0.25) is 5.91 Å². The number of para-hydroxylation sites is 1. The predicted octanol–water partition coefficient (Wildman–Crippen LogP) is 5.31. The third kappa shape index (κ3) is 4.01. The molecule has 2 heterocycles. The van der Waals surface area contributed by atoms with Gasteiger partial charge in [-0.25, -0.2) is 4.98 Å². The molecule has 0 aliphatic heterocycles. The molecule has 30 heavy (non-hydrogen) atoms. The SMILES string of the molecule is Cc1ccc(/C=C/C(=O)Nc2cc(C)nn2-c2cc(C)c3cccc(C)c3n2)cc1.